The highest BCUT2D eigenvalue weighted by Gasteiger charge is 2.36. The Morgan fingerprint density at radius 3 is 2.75 bits per heavy atom. The normalized spacial score (nSPS) is 21.4. The van der Waals surface area contributed by atoms with Gasteiger partial charge < -0.3 is 0 Å². The van der Waals surface area contributed by atoms with E-state index < -0.39 is 23.8 Å². The summed E-state index contributed by atoms with van der Waals surface area (Å²) in [4.78, 5) is 3.75. The summed E-state index contributed by atoms with van der Waals surface area (Å²) in [5, 5.41) is 3.67. The summed E-state index contributed by atoms with van der Waals surface area (Å²) < 4.78 is 53.4. The third kappa shape index (κ3) is 2.28. The molecule has 0 bridgehead atoms. The van der Waals surface area contributed by atoms with Crippen molar-refractivity contribution in [2.24, 2.45) is 0 Å². The molecule has 0 saturated carbocycles. The maximum Gasteiger partial charge on any atom is 0.291 e. The molecule has 0 spiro atoms. The molecule has 2 unspecified atom stereocenters. The lowest BCUT2D eigenvalue weighted by Crippen LogP contribution is -2.09. The van der Waals surface area contributed by atoms with Crippen LogP contribution in [0.5, 0.6) is 0 Å². The van der Waals surface area contributed by atoms with Gasteiger partial charge in [0, 0.05) is 12.0 Å². The third-order valence-corrected chi connectivity index (χ3v) is 3.66. The van der Waals surface area contributed by atoms with Gasteiger partial charge in [0.15, 0.2) is 12.0 Å². The Kier molecular flexibility index (Phi) is 3.41. The number of halogens is 4. The van der Waals surface area contributed by atoms with E-state index in [0.717, 1.165) is 0 Å². The summed E-state index contributed by atoms with van der Waals surface area (Å²) in [6, 6.07) is 5.31. The minimum atomic E-state index is -2.68. The second-order valence-electron chi connectivity index (χ2n) is 4.32. The van der Waals surface area contributed by atoms with Gasteiger partial charge in [-0.2, -0.15) is 8.78 Å². The Bertz CT molecular complexity index is 631. The predicted octanol–water partition coefficient (Wildman–Crippen LogP) is 3.74. The van der Waals surface area contributed by atoms with Gasteiger partial charge in [-0.15, -0.1) is 5.10 Å². The molecule has 0 aliphatic carbocycles. The Morgan fingerprint density at radius 2 is 2.05 bits per heavy atom. The number of nitrogens with zero attached hydrogens (tertiary/aromatic N) is 3. The molecule has 3 nitrogen and oxygen atoms in total. The Labute approximate surface area is 116 Å². The van der Waals surface area contributed by atoms with Crippen LogP contribution in [0.15, 0.2) is 29.4 Å². The monoisotopic (exact) mass is 303 g/mol. The van der Waals surface area contributed by atoms with Crippen LogP contribution in [0.25, 0.3) is 0 Å². The van der Waals surface area contributed by atoms with E-state index in [1.54, 1.807) is 6.07 Å². The average Bonchev–Trinajstić information content (AvgIpc) is 2.90. The highest BCUT2D eigenvalue weighted by molar-refractivity contribution is 7.99. The molecule has 2 heterocycles. The number of benzene rings is 1. The number of alkyl halides is 3. The summed E-state index contributed by atoms with van der Waals surface area (Å²) in [5.74, 6) is -3.18. The van der Waals surface area contributed by atoms with Crippen molar-refractivity contribution in [1.29, 1.82) is 0 Å². The van der Waals surface area contributed by atoms with Crippen molar-refractivity contribution in [2.45, 2.75) is 29.5 Å². The summed E-state index contributed by atoms with van der Waals surface area (Å²) in [6.45, 7) is 0. The van der Waals surface area contributed by atoms with Crippen LogP contribution >= 0.6 is 11.8 Å². The standard InChI is InChI=1S/C12H9F4N3S/c13-7-4-2-1-3-6(7)9-5-8(14)10-17-12(18-19(9)10)20-11(15)16/h1-4,8-9,11H,5H2. The molecule has 1 aromatic carbocycles. The van der Waals surface area contributed by atoms with E-state index in [-0.39, 0.29) is 34.7 Å². The van der Waals surface area contributed by atoms with Crippen LogP contribution in [0, 0.1) is 5.82 Å². The summed E-state index contributed by atoms with van der Waals surface area (Å²) in [5.41, 5.74) is 0.285. The van der Waals surface area contributed by atoms with Gasteiger partial charge in [0.25, 0.3) is 5.76 Å². The van der Waals surface area contributed by atoms with Crippen LogP contribution in [0.1, 0.15) is 30.0 Å². The Morgan fingerprint density at radius 1 is 1.30 bits per heavy atom. The first-order valence-electron chi connectivity index (χ1n) is 5.86. The van der Waals surface area contributed by atoms with Crippen molar-refractivity contribution in [1.82, 2.24) is 14.8 Å². The van der Waals surface area contributed by atoms with Crippen molar-refractivity contribution < 1.29 is 17.6 Å². The SMILES string of the molecule is Fc1ccccc1C1CC(F)c2nc(SC(F)F)nn21. The third-order valence-electron chi connectivity index (χ3n) is 3.10. The fourth-order valence-corrected chi connectivity index (χ4v) is 2.73. The van der Waals surface area contributed by atoms with E-state index in [9.17, 15) is 17.6 Å². The second kappa shape index (κ2) is 5.08. The quantitative estimate of drug-likeness (QED) is 0.639. The number of fused-ring (bicyclic) bond motifs is 1. The zero-order valence-corrected chi connectivity index (χ0v) is 10.8. The number of rotatable bonds is 3. The average molecular weight is 303 g/mol. The molecule has 2 aromatic rings. The van der Waals surface area contributed by atoms with E-state index >= 15 is 0 Å². The molecule has 1 aliphatic rings. The van der Waals surface area contributed by atoms with E-state index in [1.165, 1.54) is 22.9 Å². The number of hydrogen-bond acceptors (Lipinski definition) is 3. The number of aromatic nitrogens is 3. The summed E-state index contributed by atoms with van der Waals surface area (Å²) in [6.07, 6.45) is -1.42. The molecule has 1 aliphatic heterocycles. The van der Waals surface area contributed by atoms with Gasteiger partial charge in [-0.1, -0.05) is 18.2 Å². The molecule has 1 aromatic heterocycles. The van der Waals surface area contributed by atoms with E-state index in [4.69, 9.17) is 0 Å². The molecule has 2 atom stereocenters. The lowest BCUT2D eigenvalue weighted by atomic mass is 10.0. The fourth-order valence-electron chi connectivity index (χ4n) is 2.29. The van der Waals surface area contributed by atoms with Crippen molar-refractivity contribution in [3.8, 4) is 0 Å². The van der Waals surface area contributed by atoms with Gasteiger partial charge in [0.1, 0.15) is 5.82 Å². The van der Waals surface area contributed by atoms with Crippen molar-refractivity contribution >= 4 is 11.8 Å². The molecule has 0 fully saturated rings. The molecule has 20 heavy (non-hydrogen) atoms. The van der Waals surface area contributed by atoms with Crippen molar-refractivity contribution in [2.75, 3.05) is 0 Å². The maximum absolute atomic E-state index is 13.9. The van der Waals surface area contributed by atoms with Gasteiger partial charge >= 0.3 is 0 Å². The van der Waals surface area contributed by atoms with Gasteiger partial charge in [-0.05, 0) is 17.8 Å². The van der Waals surface area contributed by atoms with Crippen molar-refractivity contribution in [3.05, 3.63) is 41.5 Å². The first-order valence-corrected chi connectivity index (χ1v) is 6.74. The van der Waals surface area contributed by atoms with Crippen LogP contribution in [0.2, 0.25) is 0 Å². The maximum atomic E-state index is 13.9. The van der Waals surface area contributed by atoms with Gasteiger partial charge in [-0.25, -0.2) is 18.4 Å². The first kappa shape index (κ1) is 13.4. The lowest BCUT2D eigenvalue weighted by Gasteiger charge is -2.12. The largest absolute Gasteiger partial charge is 0.291 e. The van der Waals surface area contributed by atoms with Gasteiger partial charge in [-0.3, -0.25) is 0 Å². The molecular formula is C12H9F4N3S. The minimum Gasteiger partial charge on any atom is -0.239 e. The number of thioether (sulfide) groups is 1. The highest BCUT2D eigenvalue weighted by atomic mass is 32.2. The molecule has 0 radical (unpaired) electrons. The molecule has 0 N–H and O–H groups in total. The van der Waals surface area contributed by atoms with E-state index in [2.05, 4.69) is 10.1 Å². The Balaban J connectivity index is 1.98. The highest BCUT2D eigenvalue weighted by Crippen LogP contribution is 2.41. The molecule has 0 saturated heterocycles. The Hall–Kier alpha value is -1.57. The summed E-state index contributed by atoms with van der Waals surface area (Å²) in [7, 11) is 0. The van der Waals surface area contributed by atoms with E-state index in [0.29, 0.717) is 0 Å². The zero-order valence-electron chi connectivity index (χ0n) is 10.0. The number of hydrogen-bond donors (Lipinski definition) is 0. The van der Waals surface area contributed by atoms with Crippen LogP contribution < -0.4 is 0 Å². The zero-order chi connectivity index (χ0) is 14.3. The molecular weight excluding hydrogens is 294 g/mol. The predicted molar refractivity (Wildman–Crippen MR) is 64.9 cm³/mol. The fraction of sp³-hybridized carbons (Fsp3) is 0.333. The minimum absolute atomic E-state index is 0.00981. The van der Waals surface area contributed by atoms with Crippen LogP contribution in [0.4, 0.5) is 17.6 Å². The lowest BCUT2D eigenvalue weighted by molar-refractivity contribution is 0.251. The second-order valence-corrected chi connectivity index (χ2v) is 5.27. The topological polar surface area (TPSA) is 30.7 Å². The molecule has 0 amide bonds. The summed E-state index contributed by atoms with van der Waals surface area (Å²) >= 11 is 0.149. The molecule has 8 heteroatoms. The van der Waals surface area contributed by atoms with Crippen LogP contribution in [-0.2, 0) is 0 Å². The van der Waals surface area contributed by atoms with E-state index in [1.807, 2.05) is 0 Å². The molecule has 3 rings (SSSR count). The van der Waals surface area contributed by atoms with Gasteiger partial charge in [0.05, 0.1) is 6.04 Å². The molecule has 106 valence electrons. The first-order chi connectivity index (χ1) is 9.56. The van der Waals surface area contributed by atoms with Crippen LogP contribution in [0.3, 0.4) is 0 Å². The van der Waals surface area contributed by atoms with Crippen LogP contribution in [-0.4, -0.2) is 20.5 Å². The van der Waals surface area contributed by atoms with Crippen molar-refractivity contribution in [3.63, 3.8) is 0 Å². The van der Waals surface area contributed by atoms with Gasteiger partial charge in [0.2, 0.25) is 5.16 Å². The smallest absolute Gasteiger partial charge is 0.239 e.